The number of hydrogen-bond acceptors (Lipinski definition) is 3. The second kappa shape index (κ2) is 4.62. The van der Waals surface area contributed by atoms with Gasteiger partial charge in [-0.3, -0.25) is 20.0 Å². The molecule has 96 valence electrons. The number of halogens is 1. The summed E-state index contributed by atoms with van der Waals surface area (Å²) in [4.78, 5) is 29.0. The smallest absolute Gasteiger partial charge is 0.293 e. The lowest BCUT2D eigenvalue weighted by atomic mass is 10.1. The molecule has 1 saturated heterocycles. The zero-order chi connectivity index (χ0) is 13.4. The molecule has 0 spiro atoms. The van der Waals surface area contributed by atoms with E-state index in [0.29, 0.717) is 13.0 Å². The van der Waals surface area contributed by atoms with Gasteiger partial charge in [0.15, 0.2) is 0 Å². The minimum Gasteiger partial charge on any atom is -0.293 e. The van der Waals surface area contributed by atoms with E-state index in [4.69, 9.17) is 0 Å². The number of anilines is 1. The van der Waals surface area contributed by atoms with Crippen LogP contribution >= 0.6 is 15.9 Å². The van der Waals surface area contributed by atoms with Crippen molar-refractivity contribution in [3.05, 3.63) is 34.9 Å². The third-order valence-corrected chi connectivity index (χ3v) is 3.68. The number of aromatic nitrogens is 1. The van der Waals surface area contributed by atoms with E-state index in [1.165, 1.54) is 0 Å². The zero-order valence-electron chi connectivity index (χ0n) is 9.89. The first-order valence-electron chi connectivity index (χ1n) is 5.81. The number of nitrogens with zero attached hydrogens (tertiary/aromatic N) is 2. The standard InChI is InChI=1S/C13H10BrN3O2/c14-9-3-1-2-8-10(4-6-15-12(8)9)17-7-5-11(18)16-13(17)19/h1-4,6H,5,7H2,(H,16,18,19). The molecule has 0 unspecified atom stereocenters. The van der Waals surface area contributed by atoms with Crippen molar-refractivity contribution in [2.75, 3.05) is 11.4 Å². The van der Waals surface area contributed by atoms with Crippen LogP contribution in [0, 0.1) is 0 Å². The molecular formula is C13H10BrN3O2. The fraction of sp³-hybridized carbons (Fsp3) is 0.154. The molecule has 2 aromatic rings. The van der Waals surface area contributed by atoms with E-state index in [1.54, 1.807) is 17.2 Å². The second-order valence-corrected chi connectivity index (χ2v) is 5.08. The van der Waals surface area contributed by atoms with E-state index in [1.807, 2.05) is 18.2 Å². The average molecular weight is 320 g/mol. The van der Waals surface area contributed by atoms with E-state index in [9.17, 15) is 9.59 Å². The highest BCUT2D eigenvalue weighted by Crippen LogP contribution is 2.30. The molecule has 1 aliphatic rings. The third-order valence-electron chi connectivity index (χ3n) is 3.04. The van der Waals surface area contributed by atoms with Crippen LogP contribution in [-0.4, -0.2) is 23.5 Å². The van der Waals surface area contributed by atoms with Crippen molar-refractivity contribution in [3.8, 4) is 0 Å². The Labute approximate surface area is 117 Å². The van der Waals surface area contributed by atoms with Crippen molar-refractivity contribution in [3.63, 3.8) is 0 Å². The molecule has 0 radical (unpaired) electrons. The number of hydrogen-bond donors (Lipinski definition) is 1. The normalized spacial score (nSPS) is 15.7. The van der Waals surface area contributed by atoms with Crippen molar-refractivity contribution >= 4 is 44.5 Å². The predicted molar refractivity (Wildman–Crippen MR) is 74.9 cm³/mol. The van der Waals surface area contributed by atoms with Crippen molar-refractivity contribution in [1.82, 2.24) is 10.3 Å². The van der Waals surface area contributed by atoms with Crippen LogP contribution in [-0.2, 0) is 4.79 Å². The monoisotopic (exact) mass is 319 g/mol. The summed E-state index contributed by atoms with van der Waals surface area (Å²) in [6.45, 7) is 0.385. The molecule has 0 aliphatic carbocycles. The number of amides is 3. The number of para-hydroxylation sites is 1. The molecule has 1 N–H and O–H groups in total. The van der Waals surface area contributed by atoms with Crippen molar-refractivity contribution in [2.45, 2.75) is 6.42 Å². The number of carbonyl (C=O) groups is 2. The molecule has 6 heteroatoms. The molecule has 2 heterocycles. The molecule has 1 aliphatic heterocycles. The highest BCUT2D eigenvalue weighted by Gasteiger charge is 2.25. The van der Waals surface area contributed by atoms with E-state index in [2.05, 4.69) is 26.2 Å². The number of rotatable bonds is 1. The Hall–Kier alpha value is -1.95. The number of carbonyl (C=O) groups excluding carboxylic acids is 2. The van der Waals surface area contributed by atoms with Crippen molar-refractivity contribution < 1.29 is 9.59 Å². The van der Waals surface area contributed by atoms with Gasteiger partial charge in [0, 0.05) is 29.0 Å². The number of nitrogens with one attached hydrogen (secondary N) is 1. The van der Waals surface area contributed by atoms with Gasteiger partial charge in [0.2, 0.25) is 5.91 Å². The van der Waals surface area contributed by atoms with Gasteiger partial charge in [-0.1, -0.05) is 12.1 Å². The Balaban J connectivity index is 2.13. The fourth-order valence-electron chi connectivity index (χ4n) is 2.15. The van der Waals surface area contributed by atoms with Crippen LogP contribution in [0.25, 0.3) is 10.9 Å². The van der Waals surface area contributed by atoms with Crippen LogP contribution < -0.4 is 10.2 Å². The molecule has 0 saturated carbocycles. The lowest BCUT2D eigenvalue weighted by molar-refractivity contribution is -0.120. The first-order valence-corrected chi connectivity index (χ1v) is 6.61. The minimum absolute atomic E-state index is 0.235. The molecule has 0 bridgehead atoms. The lowest BCUT2D eigenvalue weighted by Gasteiger charge is -2.27. The number of fused-ring (bicyclic) bond motifs is 1. The molecule has 0 atom stereocenters. The Morgan fingerprint density at radius 1 is 1.26 bits per heavy atom. The third kappa shape index (κ3) is 2.08. The van der Waals surface area contributed by atoms with Gasteiger partial charge < -0.3 is 0 Å². The van der Waals surface area contributed by atoms with Crippen LogP contribution in [0.3, 0.4) is 0 Å². The van der Waals surface area contributed by atoms with Gasteiger partial charge in [-0.15, -0.1) is 0 Å². The van der Waals surface area contributed by atoms with E-state index >= 15 is 0 Å². The molecule has 5 nitrogen and oxygen atoms in total. The Kier molecular flexibility index (Phi) is 2.94. The maximum absolute atomic E-state index is 11.9. The molecule has 1 aromatic heterocycles. The molecular weight excluding hydrogens is 310 g/mol. The summed E-state index contributed by atoms with van der Waals surface area (Å²) in [6, 6.07) is 7.10. The SMILES string of the molecule is O=C1CCN(c2ccnc3c(Br)cccc23)C(=O)N1. The molecule has 1 fully saturated rings. The highest BCUT2D eigenvalue weighted by atomic mass is 79.9. The second-order valence-electron chi connectivity index (χ2n) is 4.22. The summed E-state index contributed by atoms with van der Waals surface area (Å²) in [6.07, 6.45) is 1.97. The zero-order valence-corrected chi connectivity index (χ0v) is 11.5. The average Bonchev–Trinajstić information content (AvgIpc) is 2.39. The quantitative estimate of drug-likeness (QED) is 0.878. The van der Waals surface area contributed by atoms with Crippen LogP contribution in [0.4, 0.5) is 10.5 Å². The summed E-state index contributed by atoms with van der Waals surface area (Å²) in [5.74, 6) is -0.235. The summed E-state index contributed by atoms with van der Waals surface area (Å²) in [5, 5.41) is 3.20. The minimum atomic E-state index is -0.385. The molecule has 3 amide bonds. The Morgan fingerprint density at radius 2 is 2.11 bits per heavy atom. The van der Waals surface area contributed by atoms with Gasteiger partial charge in [-0.2, -0.15) is 0 Å². The number of benzene rings is 1. The van der Waals surface area contributed by atoms with Crippen molar-refractivity contribution in [2.24, 2.45) is 0 Å². The highest BCUT2D eigenvalue weighted by molar-refractivity contribution is 9.10. The summed E-state index contributed by atoms with van der Waals surface area (Å²) in [7, 11) is 0. The topological polar surface area (TPSA) is 62.3 Å². The van der Waals surface area contributed by atoms with Crippen molar-refractivity contribution in [1.29, 1.82) is 0 Å². The number of urea groups is 1. The van der Waals surface area contributed by atoms with Crippen LogP contribution in [0.15, 0.2) is 34.9 Å². The van der Waals surface area contributed by atoms with Crippen LogP contribution in [0.1, 0.15) is 6.42 Å². The van der Waals surface area contributed by atoms with Gasteiger partial charge in [-0.25, -0.2) is 4.79 Å². The maximum atomic E-state index is 11.9. The van der Waals surface area contributed by atoms with Gasteiger partial charge in [0.05, 0.1) is 11.2 Å². The molecule has 3 rings (SSSR count). The predicted octanol–water partition coefficient (Wildman–Crippen LogP) is 2.44. The summed E-state index contributed by atoms with van der Waals surface area (Å²) in [5.41, 5.74) is 1.56. The fourth-order valence-corrected chi connectivity index (χ4v) is 2.62. The first kappa shape index (κ1) is 12.1. The van der Waals surface area contributed by atoms with Crippen LogP contribution in [0.5, 0.6) is 0 Å². The van der Waals surface area contributed by atoms with Crippen LogP contribution in [0.2, 0.25) is 0 Å². The number of imide groups is 1. The molecule has 19 heavy (non-hydrogen) atoms. The van der Waals surface area contributed by atoms with E-state index in [-0.39, 0.29) is 11.9 Å². The maximum Gasteiger partial charge on any atom is 0.328 e. The van der Waals surface area contributed by atoms with E-state index in [0.717, 1.165) is 21.1 Å². The molecule has 1 aromatic carbocycles. The van der Waals surface area contributed by atoms with Gasteiger partial charge in [0.25, 0.3) is 0 Å². The largest absolute Gasteiger partial charge is 0.328 e. The Bertz CT molecular complexity index is 687. The Morgan fingerprint density at radius 3 is 2.89 bits per heavy atom. The van der Waals surface area contributed by atoms with Gasteiger partial charge in [0.1, 0.15) is 0 Å². The number of pyridine rings is 1. The first-order chi connectivity index (χ1) is 9.16. The summed E-state index contributed by atoms with van der Waals surface area (Å²) >= 11 is 3.44. The van der Waals surface area contributed by atoms with Gasteiger partial charge in [-0.05, 0) is 28.1 Å². The van der Waals surface area contributed by atoms with E-state index < -0.39 is 0 Å². The lowest BCUT2D eigenvalue weighted by Crippen LogP contribution is -2.49. The summed E-state index contributed by atoms with van der Waals surface area (Å²) < 4.78 is 0.875. The van der Waals surface area contributed by atoms with Gasteiger partial charge >= 0.3 is 6.03 Å².